The molecule has 0 N–H and O–H groups in total. The van der Waals surface area contributed by atoms with Gasteiger partial charge in [0, 0.05) is 24.1 Å². The molecule has 29 heavy (non-hydrogen) atoms. The lowest BCUT2D eigenvalue weighted by Gasteiger charge is -2.25. The van der Waals surface area contributed by atoms with Crippen LogP contribution in [0, 0.1) is 10.1 Å². The Labute approximate surface area is 171 Å². The molecule has 6 nitrogen and oxygen atoms in total. The van der Waals surface area contributed by atoms with E-state index in [0.717, 1.165) is 11.1 Å². The summed E-state index contributed by atoms with van der Waals surface area (Å²) >= 11 is 0. The molecule has 0 atom stereocenters. The van der Waals surface area contributed by atoms with E-state index in [0.29, 0.717) is 18.1 Å². The Balaban J connectivity index is 1.92. The fraction of sp³-hybridized carbons (Fsp3) is 0.391. The third-order valence-electron chi connectivity index (χ3n) is 4.89. The minimum absolute atomic E-state index is 0.00236. The summed E-state index contributed by atoms with van der Waals surface area (Å²) in [5, 5.41) is 14.9. The van der Waals surface area contributed by atoms with Crippen LogP contribution in [0.5, 0.6) is 0 Å². The van der Waals surface area contributed by atoms with Crippen LogP contribution in [0.2, 0.25) is 0 Å². The minimum Gasteiger partial charge on any atom is -0.334 e. The van der Waals surface area contributed by atoms with E-state index in [4.69, 9.17) is 4.52 Å². The van der Waals surface area contributed by atoms with Crippen molar-refractivity contribution in [2.45, 2.75) is 58.8 Å². The van der Waals surface area contributed by atoms with Crippen LogP contribution in [0.4, 0.5) is 5.69 Å². The molecule has 1 heterocycles. The van der Waals surface area contributed by atoms with Crippen molar-refractivity contribution in [1.82, 2.24) is 10.1 Å². The molecule has 3 aromatic rings. The number of hydrogen-bond acceptors (Lipinski definition) is 5. The highest BCUT2D eigenvalue weighted by Crippen LogP contribution is 2.33. The standard InChI is InChI=1S/C23H27N3O3/c1-22(2,3)17-12-16(13-18(14-17)23(4,5)6)21-24-20(25-29-21)11-15-7-9-19(10-8-15)26(27)28/h7-10,12-14H,11H2,1-6H3. The largest absolute Gasteiger partial charge is 0.334 e. The van der Waals surface area contributed by atoms with E-state index < -0.39 is 4.92 Å². The molecule has 2 aromatic carbocycles. The predicted octanol–water partition coefficient (Wildman–Crippen LogP) is 5.83. The average molecular weight is 393 g/mol. The molecule has 1 aromatic heterocycles. The summed E-state index contributed by atoms with van der Waals surface area (Å²) in [6.45, 7) is 13.1. The number of aromatic nitrogens is 2. The molecule has 0 radical (unpaired) electrons. The summed E-state index contributed by atoms with van der Waals surface area (Å²) in [5.41, 5.74) is 4.29. The van der Waals surface area contributed by atoms with Crippen molar-refractivity contribution in [3.63, 3.8) is 0 Å². The van der Waals surface area contributed by atoms with Gasteiger partial charge in [0.25, 0.3) is 11.6 Å². The zero-order valence-corrected chi connectivity index (χ0v) is 17.8. The zero-order chi connectivity index (χ0) is 21.4. The molecule has 152 valence electrons. The SMILES string of the molecule is CC(C)(C)c1cc(-c2nc(Cc3ccc([N+](=O)[O-])cc3)no2)cc(C(C)(C)C)c1. The molecule has 0 bridgehead atoms. The molecule has 0 aliphatic heterocycles. The normalized spacial score (nSPS) is 12.2. The Bertz CT molecular complexity index is 991. The van der Waals surface area contributed by atoms with Crippen LogP contribution >= 0.6 is 0 Å². The predicted molar refractivity (Wildman–Crippen MR) is 113 cm³/mol. The second kappa shape index (κ2) is 7.43. The van der Waals surface area contributed by atoms with E-state index >= 15 is 0 Å². The fourth-order valence-corrected chi connectivity index (χ4v) is 2.98. The van der Waals surface area contributed by atoms with Gasteiger partial charge in [0.1, 0.15) is 0 Å². The van der Waals surface area contributed by atoms with E-state index in [1.807, 2.05) is 0 Å². The smallest absolute Gasteiger partial charge is 0.269 e. The molecule has 6 heteroatoms. The van der Waals surface area contributed by atoms with Gasteiger partial charge in [-0.1, -0.05) is 64.9 Å². The van der Waals surface area contributed by atoms with Gasteiger partial charge in [0.05, 0.1) is 4.92 Å². The van der Waals surface area contributed by atoms with Gasteiger partial charge >= 0.3 is 0 Å². The van der Waals surface area contributed by atoms with Crippen molar-refractivity contribution >= 4 is 5.69 Å². The highest BCUT2D eigenvalue weighted by molar-refractivity contribution is 5.58. The van der Waals surface area contributed by atoms with E-state index in [1.54, 1.807) is 12.1 Å². The van der Waals surface area contributed by atoms with Crippen molar-refractivity contribution in [3.05, 3.63) is 75.1 Å². The van der Waals surface area contributed by atoms with Gasteiger partial charge in [-0.3, -0.25) is 10.1 Å². The molecule has 0 amide bonds. The number of hydrogen-bond donors (Lipinski definition) is 0. The van der Waals surface area contributed by atoms with Crippen molar-refractivity contribution in [2.75, 3.05) is 0 Å². The van der Waals surface area contributed by atoms with Crippen LogP contribution < -0.4 is 0 Å². The summed E-state index contributed by atoms with van der Waals surface area (Å²) in [4.78, 5) is 14.9. The van der Waals surface area contributed by atoms with Gasteiger partial charge in [0.15, 0.2) is 5.82 Å². The van der Waals surface area contributed by atoms with Gasteiger partial charge in [-0.15, -0.1) is 0 Å². The maximum absolute atomic E-state index is 10.8. The molecule has 0 saturated heterocycles. The van der Waals surface area contributed by atoms with Gasteiger partial charge in [-0.25, -0.2) is 0 Å². The highest BCUT2D eigenvalue weighted by Gasteiger charge is 2.22. The number of nitro benzene ring substituents is 1. The molecular weight excluding hydrogens is 366 g/mol. The summed E-state index contributed by atoms with van der Waals surface area (Å²) < 4.78 is 5.55. The van der Waals surface area contributed by atoms with Crippen LogP contribution in [-0.2, 0) is 17.3 Å². The average Bonchev–Trinajstić information content (AvgIpc) is 3.09. The van der Waals surface area contributed by atoms with Crippen LogP contribution in [0.25, 0.3) is 11.5 Å². The molecule has 0 aliphatic rings. The van der Waals surface area contributed by atoms with E-state index in [-0.39, 0.29) is 16.5 Å². The molecule has 0 spiro atoms. The first-order valence-corrected chi connectivity index (χ1v) is 9.66. The number of benzene rings is 2. The first kappa shape index (κ1) is 20.7. The van der Waals surface area contributed by atoms with E-state index in [1.165, 1.54) is 23.3 Å². The Kier molecular flexibility index (Phi) is 5.30. The first-order chi connectivity index (χ1) is 13.4. The Hall–Kier alpha value is -3.02. The molecular formula is C23H27N3O3. The number of rotatable bonds is 4. The first-order valence-electron chi connectivity index (χ1n) is 9.66. The van der Waals surface area contributed by atoms with Crippen molar-refractivity contribution < 1.29 is 9.45 Å². The van der Waals surface area contributed by atoms with Crippen molar-refractivity contribution in [2.24, 2.45) is 0 Å². The van der Waals surface area contributed by atoms with Crippen molar-refractivity contribution in [3.8, 4) is 11.5 Å². The highest BCUT2D eigenvalue weighted by atomic mass is 16.6. The van der Waals surface area contributed by atoms with Gasteiger partial charge in [0.2, 0.25) is 0 Å². The summed E-state index contributed by atoms with van der Waals surface area (Å²) in [6.07, 6.45) is 0.451. The number of nitrogens with zero attached hydrogens (tertiary/aromatic N) is 3. The summed E-state index contributed by atoms with van der Waals surface area (Å²) in [5.74, 6) is 1.03. The molecule has 3 rings (SSSR count). The van der Waals surface area contributed by atoms with Crippen molar-refractivity contribution in [1.29, 1.82) is 0 Å². The third kappa shape index (κ3) is 4.88. The van der Waals surface area contributed by atoms with Crippen LogP contribution in [0.1, 0.15) is 64.1 Å². The second-order valence-electron chi connectivity index (χ2n) is 9.42. The van der Waals surface area contributed by atoms with Gasteiger partial charge < -0.3 is 4.52 Å². The van der Waals surface area contributed by atoms with Gasteiger partial charge in [-0.05, 0) is 39.7 Å². The maximum atomic E-state index is 10.8. The third-order valence-corrected chi connectivity index (χ3v) is 4.89. The fourth-order valence-electron chi connectivity index (χ4n) is 2.98. The lowest BCUT2D eigenvalue weighted by molar-refractivity contribution is -0.384. The Morgan fingerprint density at radius 2 is 1.48 bits per heavy atom. The molecule has 0 saturated carbocycles. The minimum atomic E-state index is -0.411. The number of nitro groups is 1. The Morgan fingerprint density at radius 1 is 0.931 bits per heavy atom. The molecule has 0 unspecified atom stereocenters. The number of non-ortho nitro benzene ring substituents is 1. The lowest BCUT2D eigenvalue weighted by Crippen LogP contribution is -2.16. The molecule has 0 fully saturated rings. The quantitative estimate of drug-likeness (QED) is 0.411. The Morgan fingerprint density at radius 3 is 1.97 bits per heavy atom. The monoisotopic (exact) mass is 393 g/mol. The van der Waals surface area contributed by atoms with Crippen LogP contribution in [0.15, 0.2) is 47.0 Å². The summed E-state index contributed by atoms with van der Waals surface area (Å²) in [7, 11) is 0. The maximum Gasteiger partial charge on any atom is 0.269 e. The van der Waals surface area contributed by atoms with E-state index in [2.05, 4.69) is 69.9 Å². The van der Waals surface area contributed by atoms with Crippen LogP contribution in [0.3, 0.4) is 0 Å². The topological polar surface area (TPSA) is 82.1 Å². The summed E-state index contributed by atoms with van der Waals surface area (Å²) in [6, 6.07) is 12.9. The van der Waals surface area contributed by atoms with E-state index in [9.17, 15) is 10.1 Å². The lowest BCUT2D eigenvalue weighted by atomic mass is 9.79. The van der Waals surface area contributed by atoms with Gasteiger partial charge in [-0.2, -0.15) is 4.98 Å². The van der Waals surface area contributed by atoms with Crippen LogP contribution in [-0.4, -0.2) is 15.1 Å². The zero-order valence-electron chi connectivity index (χ0n) is 17.8. The molecule has 0 aliphatic carbocycles. The second-order valence-corrected chi connectivity index (χ2v) is 9.42.